The number of ether oxygens (including phenoxy) is 1. The predicted molar refractivity (Wildman–Crippen MR) is 90.1 cm³/mol. The first-order chi connectivity index (χ1) is 12.1. The summed E-state index contributed by atoms with van der Waals surface area (Å²) in [5, 5.41) is 8.88. The van der Waals surface area contributed by atoms with Gasteiger partial charge in [0.25, 0.3) is 0 Å². The van der Waals surface area contributed by atoms with E-state index in [0.717, 1.165) is 5.56 Å². The van der Waals surface area contributed by atoms with Crippen LogP contribution in [-0.4, -0.2) is 22.5 Å². The highest BCUT2D eigenvalue weighted by molar-refractivity contribution is 5.95. The molecule has 0 aliphatic carbocycles. The van der Waals surface area contributed by atoms with Gasteiger partial charge >= 0.3 is 5.97 Å². The number of halogens is 1. The average Bonchev–Trinajstić information content (AvgIpc) is 3.08. The number of nitrogens with one attached hydrogen (secondary N) is 1. The first kappa shape index (κ1) is 16.4. The van der Waals surface area contributed by atoms with Crippen LogP contribution in [0, 0.1) is 17.1 Å². The van der Waals surface area contributed by atoms with Gasteiger partial charge in [-0.1, -0.05) is 0 Å². The van der Waals surface area contributed by atoms with Gasteiger partial charge in [0.05, 0.1) is 23.9 Å². The molecule has 5 nitrogen and oxygen atoms in total. The molecule has 0 bridgehead atoms. The maximum atomic E-state index is 13.2. The summed E-state index contributed by atoms with van der Waals surface area (Å²) in [7, 11) is 0. The van der Waals surface area contributed by atoms with E-state index in [-0.39, 0.29) is 18.1 Å². The van der Waals surface area contributed by atoms with E-state index < -0.39 is 5.97 Å². The Morgan fingerprint density at radius 1 is 1.16 bits per heavy atom. The van der Waals surface area contributed by atoms with Gasteiger partial charge in [0.2, 0.25) is 0 Å². The van der Waals surface area contributed by atoms with Crippen LogP contribution in [0.4, 0.5) is 4.39 Å². The van der Waals surface area contributed by atoms with Crippen molar-refractivity contribution in [1.29, 1.82) is 5.26 Å². The third-order valence-electron chi connectivity index (χ3n) is 3.59. The van der Waals surface area contributed by atoms with Crippen molar-refractivity contribution in [1.82, 2.24) is 9.97 Å². The van der Waals surface area contributed by atoms with Crippen molar-refractivity contribution in [3.05, 3.63) is 65.6 Å². The van der Waals surface area contributed by atoms with Crippen molar-refractivity contribution in [2.45, 2.75) is 6.92 Å². The van der Waals surface area contributed by atoms with E-state index >= 15 is 0 Å². The number of carbonyl (C=O) groups is 1. The monoisotopic (exact) mass is 335 g/mol. The summed E-state index contributed by atoms with van der Waals surface area (Å²) in [4.78, 5) is 19.7. The zero-order valence-corrected chi connectivity index (χ0v) is 13.4. The number of hydrogen-bond acceptors (Lipinski definition) is 4. The van der Waals surface area contributed by atoms with Gasteiger partial charge in [0, 0.05) is 11.1 Å². The van der Waals surface area contributed by atoms with E-state index in [0.29, 0.717) is 22.6 Å². The lowest BCUT2D eigenvalue weighted by molar-refractivity contribution is 0.0521. The molecule has 0 saturated carbocycles. The van der Waals surface area contributed by atoms with Crippen molar-refractivity contribution in [3.63, 3.8) is 0 Å². The van der Waals surface area contributed by atoms with E-state index in [2.05, 4.69) is 9.97 Å². The van der Waals surface area contributed by atoms with Crippen LogP contribution in [0.1, 0.15) is 23.0 Å². The standard InChI is InChI=1S/C19H14FN3O2/c1-2-25-19(24)17-16(13-7-9-15(20)10-8-13)22-18(23-17)14-5-3-12(11-21)4-6-14/h3-10H,2H2,1H3,(H,22,23). The summed E-state index contributed by atoms with van der Waals surface area (Å²) in [5.41, 5.74) is 2.46. The summed E-state index contributed by atoms with van der Waals surface area (Å²) in [5.74, 6) is -0.460. The van der Waals surface area contributed by atoms with Crippen molar-refractivity contribution in [2.75, 3.05) is 6.61 Å². The smallest absolute Gasteiger partial charge is 0.359 e. The van der Waals surface area contributed by atoms with Crippen LogP contribution < -0.4 is 0 Å². The molecular weight excluding hydrogens is 321 g/mol. The van der Waals surface area contributed by atoms with Crippen LogP contribution >= 0.6 is 0 Å². The number of aromatic amines is 1. The fraction of sp³-hybridized carbons (Fsp3) is 0.105. The third-order valence-corrected chi connectivity index (χ3v) is 3.59. The Balaban J connectivity index is 2.09. The SMILES string of the molecule is CCOC(=O)c1nc(-c2ccc(C#N)cc2)[nH]c1-c1ccc(F)cc1. The van der Waals surface area contributed by atoms with Gasteiger partial charge in [0.15, 0.2) is 5.69 Å². The Hall–Kier alpha value is -3.46. The fourth-order valence-electron chi connectivity index (χ4n) is 2.39. The number of imidazole rings is 1. The number of benzene rings is 2. The highest BCUT2D eigenvalue weighted by atomic mass is 19.1. The second kappa shape index (κ2) is 6.97. The number of nitrogens with zero attached hydrogens (tertiary/aromatic N) is 2. The number of carbonyl (C=O) groups excluding carboxylic acids is 1. The number of hydrogen-bond donors (Lipinski definition) is 1. The van der Waals surface area contributed by atoms with Crippen LogP contribution in [0.5, 0.6) is 0 Å². The van der Waals surface area contributed by atoms with E-state index in [1.807, 2.05) is 6.07 Å². The Morgan fingerprint density at radius 3 is 2.40 bits per heavy atom. The lowest BCUT2D eigenvalue weighted by Crippen LogP contribution is -2.06. The number of nitriles is 1. The fourth-order valence-corrected chi connectivity index (χ4v) is 2.39. The molecule has 1 heterocycles. The van der Waals surface area contributed by atoms with Crippen molar-refractivity contribution in [3.8, 4) is 28.7 Å². The van der Waals surface area contributed by atoms with Gasteiger partial charge in [-0.25, -0.2) is 14.2 Å². The summed E-state index contributed by atoms with van der Waals surface area (Å²) >= 11 is 0. The van der Waals surface area contributed by atoms with Gasteiger partial charge < -0.3 is 9.72 Å². The molecule has 0 radical (unpaired) electrons. The van der Waals surface area contributed by atoms with Crippen LogP contribution in [0.3, 0.4) is 0 Å². The lowest BCUT2D eigenvalue weighted by Gasteiger charge is -2.02. The zero-order valence-electron chi connectivity index (χ0n) is 13.4. The normalized spacial score (nSPS) is 10.3. The number of H-pyrrole nitrogens is 1. The topological polar surface area (TPSA) is 78.8 Å². The molecule has 3 aromatic rings. The first-order valence-corrected chi connectivity index (χ1v) is 7.66. The average molecular weight is 335 g/mol. The van der Waals surface area contributed by atoms with Gasteiger partial charge in [-0.3, -0.25) is 0 Å². The van der Waals surface area contributed by atoms with Gasteiger partial charge in [-0.15, -0.1) is 0 Å². The molecule has 0 amide bonds. The molecule has 124 valence electrons. The molecule has 1 aromatic heterocycles. The molecule has 1 N–H and O–H groups in total. The molecular formula is C19H14FN3O2. The van der Waals surface area contributed by atoms with Crippen molar-refractivity contribution >= 4 is 5.97 Å². The minimum atomic E-state index is -0.557. The molecule has 2 aromatic carbocycles. The number of rotatable bonds is 4. The second-order valence-corrected chi connectivity index (χ2v) is 5.23. The molecule has 0 unspecified atom stereocenters. The Bertz CT molecular complexity index is 938. The van der Waals surface area contributed by atoms with E-state index in [9.17, 15) is 9.18 Å². The van der Waals surface area contributed by atoms with Gasteiger partial charge in [0.1, 0.15) is 11.6 Å². The van der Waals surface area contributed by atoms with E-state index in [1.54, 1.807) is 43.3 Å². The molecule has 0 spiro atoms. The molecule has 0 aliphatic rings. The maximum Gasteiger partial charge on any atom is 0.359 e. The first-order valence-electron chi connectivity index (χ1n) is 7.66. The molecule has 6 heteroatoms. The molecule has 0 fully saturated rings. The number of aromatic nitrogens is 2. The Morgan fingerprint density at radius 2 is 1.80 bits per heavy atom. The predicted octanol–water partition coefficient (Wildman–Crippen LogP) is 3.93. The van der Waals surface area contributed by atoms with Crippen molar-refractivity contribution in [2.24, 2.45) is 0 Å². The molecule has 0 atom stereocenters. The van der Waals surface area contributed by atoms with E-state index in [1.165, 1.54) is 12.1 Å². The molecule has 3 rings (SSSR count). The molecule has 0 aliphatic heterocycles. The van der Waals surface area contributed by atoms with Gasteiger partial charge in [-0.05, 0) is 55.5 Å². The number of esters is 1. The maximum absolute atomic E-state index is 13.2. The van der Waals surface area contributed by atoms with Crippen LogP contribution in [0.2, 0.25) is 0 Å². The summed E-state index contributed by atoms with van der Waals surface area (Å²) in [6.45, 7) is 1.93. The minimum Gasteiger partial charge on any atom is -0.461 e. The molecule has 25 heavy (non-hydrogen) atoms. The van der Waals surface area contributed by atoms with E-state index in [4.69, 9.17) is 10.00 Å². The lowest BCUT2D eigenvalue weighted by atomic mass is 10.1. The second-order valence-electron chi connectivity index (χ2n) is 5.23. The summed E-state index contributed by atoms with van der Waals surface area (Å²) < 4.78 is 18.2. The molecule has 0 saturated heterocycles. The summed E-state index contributed by atoms with van der Waals surface area (Å²) in [6.07, 6.45) is 0. The Labute approximate surface area is 143 Å². The zero-order chi connectivity index (χ0) is 17.8. The quantitative estimate of drug-likeness (QED) is 0.733. The highest BCUT2D eigenvalue weighted by Crippen LogP contribution is 2.27. The van der Waals surface area contributed by atoms with Crippen LogP contribution in [0.15, 0.2) is 48.5 Å². The minimum absolute atomic E-state index is 0.132. The Kier molecular flexibility index (Phi) is 4.57. The van der Waals surface area contributed by atoms with Crippen LogP contribution in [0.25, 0.3) is 22.6 Å². The summed E-state index contributed by atoms with van der Waals surface area (Å²) in [6, 6.07) is 14.6. The van der Waals surface area contributed by atoms with Crippen molar-refractivity contribution < 1.29 is 13.9 Å². The van der Waals surface area contributed by atoms with Crippen LogP contribution in [-0.2, 0) is 4.74 Å². The van der Waals surface area contributed by atoms with Gasteiger partial charge in [-0.2, -0.15) is 5.26 Å². The highest BCUT2D eigenvalue weighted by Gasteiger charge is 2.20. The largest absolute Gasteiger partial charge is 0.461 e. The third kappa shape index (κ3) is 3.40.